The van der Waals surface area contributed by atoms with Crippen LogP contribution < -0.4 is 11.3 Å². The zero-order valence-electron chi connectivity index (χ0n) is 9.80. The van der Waals surface area contributed by atoms with Crippen molar-refractivity contribution in [2.75, 3.05) is 5.88 Å². The van der Waals surface area contributed by atoms with Gasteiger partial charge in [-0.3, -0.25) is 11.3 Å². The summed E-state index contributed by atoms with van der Waals surface area (Å²) in [4.78, 5) is 0. The van der Waals surface area contributed by atoms with Crippen LogP contribution in [0.25, 0.3) is 0 Å². The first-order valence-electron chi connectivity index (χ1n) is 5.65. The minimum atomic E-state index is -4.29. The molecule has 0 amide bonds. The highest BCUT2D eigenvalue weighted by Gasteiger charge is 2.29. The maximum atomic E-state index is 12.4. The van der Waals surface area contributed by atoms with Gasteiger partial charge in [-0.2, -0.15) is 13.2 Å². The van der Waals surface area contributed by atoms with Crippen molar-refractivity contribution in [1.29, 1.82) is 0 Å². The molecule has 0 aliphatic carbocycles. The molecule has 1 rings (SSSR count). The molecule has 1 unspecified atom stereocenters. The summed E-state index contributed by atoms with van der Waals surface area (Å²) < 4.78 is 37.1. The molecule has 102 valence electrons. The average molecular weight is 281 g/mol. The number of hydrogen-bond donors (Lipinski definition) is 2. The fourth-order valence-electron chi connectivity index (χ4n) is 1.68. The van der Waals surface area contributed by atoms with E-state index in [1.807, 2.05) is 0 Å². The molecule has 18 heavy (non-hydrogen) atoms. The predicted octanol–water partition coefficient (Wildman–Crippen LogP) is 3.10. The van der Waals surface area contributed by atoms with Gasteiger partial charge in [-0.15, -0.1) is 11.6 Å². The Morgan fingerprint density at radius 2 is 1.83 bits per heavy atom. The van der Waals surface area contributed by atoms with Gasteiger partial charge in [0.25, 0.3) is 0 Å². The Labute approximate surface area is 109 Å². The van der Waals surface area contributed by atoms with Gasteiger partial charge in [-0.1, -0.05) is 12.1 Å². The lowest BCUT2D eigenvalue weighted by Crippen LogP contribution is -2.36. The Hall–Kier alpha value is -0.780. The van der Waals surface area contributed by atoms with Crippen molar-refractivity contribution in [3.05, 3.63) is 35.4 Å². The number of nitrogens with one attached hydrogen (secondary N) is 1. The Kier molecular flexibility index (Phi) is 5.91. The van der Waals surface area contributed by atoms with E-state index in [9.17, 15) is 13.2 Å². The second-order valence-corrected chi connectivity index (χ2v) is 4.47. The maximum Gasteiger partial charge on any atom is 0.416 e. The SMILES string of the molecule is NNC(CCCCl)Cc1ccc(C(F)(F)F)cc1. The first kappa shape index (κ1) is 15.3. The van der Waals surface area contributed by atoms with Gasteiger partial charge in [-0.25, -0.2) is 0 Å². The lowest BCUT2D eigenvalue weighted by atomic mass is 10.0. The van der Waals surface area contributed by atoms with Gasteiger partial charge in [0.05, 0.1) is 5.56 Å². The van der Waals surface area contributed by atoms with E-state index in [1.54, 1.807) is 0 Å². The summed E-state index contributed by atoms with van der Waals surface area (Å²) in [5, 5.41) is 0. The van der Waals surface area contributed by atoms with E-state index < -0.39 is 11.7 Å². The van der Waals surface area contributed by atoms with E-state index in [4.69, 9.17) is 17.4 Å². The molecular weight excluding hydrogens is 265 g/mol. The average Bonchev–Trinajstić information content (AvgIpc) is 2.34. The quantitative estimate of drug-likeness (QED) is 0.477. The van der Waals surface area contributed by atoms with Crippen molar-refractivity contribution in [2.24, 2.45) is 5.84 Å². The van der Waals surface area contributed by atoms with E-state index in [-0.39, 0.29) is 6.04 Å². The highest BCUT2D eigenvalue weighted by Crippen LogP contribution is 2.29. The zero-order chi connectivity index (χ0) is 13.6. The summed E-state index contributed by atoms with van der Waals surface area (Å²) in [7, 11) is 0. The van der Waals surface area contributed by atoms with Crippen LogP contribution in [0.15, 0.2) is 24.3 Å². The highest BCUT2D eigenvalue weighted by atomic mass is 35.5. The number of hydrazine groups is 1. The van der Waals surface area contributed by atoms with E-state index in [0.717, 1.165) is 30.5 Å². The summed E-state index contributed by atoms with van der Waals surface area (Å²) in [6, 6.07) is 5.16. The summed E-state index contributed by atoms with van der Waals surface area (Å²) in [6.07, 6.45) is -2.09. The Bertz CT molecular complexity index is 351. The molecule has 0 aromatic heterocycles. The molecule has 1 aromatic carbocycles. The topological polar surface area (TPSA) is 38.0 Å². The fourth-order valence-corrected chi connectivity index (χ4v) is 1.84. The van der Waals surface area contributed by atoms with Crippen molar-refractivity contribution in [1.82, 2.24) is 5.43 Å². The molecule has 1 atom stereocenters. The number of hydrogen-bond acceptors (Lipinski definition) is 2. The van der Waals surface area contributed by atoms with E-state index in [1.165, 1.54) is 12.1 Å². The Balaban J connectivity index is 2.62. The maximum absolute atomic E-state index is 12.4. The van der Waals surface area contributed by atoms with Crippen LogP contribution in [0.4, 0.5) is 13.2 Å². The third-order valence-electron chi connectivity index (χ3n) is 2.69. The second-order valence-electron chi connectivity index (χ2n) is 4.09. The molecule has 3 N–H and O–H groups in total. The van der Waals surface area contributed by atoms with Gasteiger partial charge in [0.1, 0.15) is 0 Å². The first-order chi connectivity index (χ1) is 8.47. The van der Waals surface area contributed by atoms with Gasteiger partial charge in [0, 0.05) is 11.9 Å². The van der Waals surface area contributed by atoms with Gasteiger partial charge in [0.15, 0.2) is 0 Å². The van der Waals surface area contributed by atoms with Crippen LogP contribution in [-0.2, 0) is 12.6 Å². The molecule has 0 bridgehead atoms. The van der Waals surface area contributed by atoms with Crippen LogP contribution in [-0.4, -0.2) is 11.9 Å². The molecule has 0 saturated heterocycles. The van der Waals surface area contributed by atoms with Crippen LogP contribution >= 0.6 is 11.6 Å². The molecule has 0 aliphatic heterocycles. The zero-order valence-corrected chi connectivity index (χ0v) is 10.6. The molecule has 0 fully saturated rings. The largest absolute Gasteiger partial charge is 0.416 e. The molecule has 2 nitrogen and oxygen atoms in total. The standard InChI is InChI=1S/C12H16ClF3N2/c13-7-1-2-11(18-17)8-9-3-5-10(6-4-9)12(14,15)16/h3-6,11,18H,1-2,7-8,17H2. The molecule has 1 aromatic rings. The van der Waals surface area contributed by atoms with E-state index in [2.05, 4.69) is 5.43 Å². The summed E-state index contributed by atoms with van der Waals surface area (Å²) >= 11 is 5.58. The van der Waals surface area contributed by atoms with Crippen LogP contribution in [0, 0.1) is 0 Å². The fraction of sp³-hybridized carbons (Fsp3) is 0.500. The third kappa shape index (κ3) is 4.84. The first-order valence-corrected chi connectivity index (χ1v) is 6.19. The van der Waals surface area contributed by atoms with Gasteiger partial charge < -0.3 is 0 Å². The molecule has 0 saturated carbocycles. The minimum absolute atomic E-state index is 0.0282. The number of rotatable bonds is 6. The van der Waals surface area contributed by atoms with Gasteiger partial charge in [0.2, 0.25) is 0 Å². The molecule has 0 heterocycles. The lowest BCUT2D eigenvalue weighted by molar-refractivity contribution is -0.137. The summed E-state index contributed by atoms with van der Waals surface area (Å²) in [5.74, 6) is 5.93. The van der Waals surface area contributed by atoms with Crippen molar-refractivity contribution < 1.29 is 13.2 Å². The number of benzene rings is 1. The summed E-state index contributed by atoms with van der Waals surface area (Å²) in [5.41, 5.74) is 2.83. The molecule has 0 spiro atoms. The minimum Gasteiger partial charge on any atom is -0.271 e. The van der Waals surface area contributed by atoms with Crippen LogP contribution in [0.2, 0.25) is 0 Å². The van der Waals surface area contributed by atoms with E-state index in [0.29, 0.717) is 12.3 Å². The second kappa shape index (κ2) is 6.97. The van der Waals surface area contributed by atoms with E-state index >= 15 is 0 Å². The number of nitrogens with two attached hydrogens (primary N) is 1. The Morgan fingerprint density at radius 3 is 2.28 bits per heavy atom. The van der Waals surface area contributed by atoms with Gasteiger partial charge >= 0.3 is 6.18 Å². The summed E-state index contributed by atoms with van der Waals surface area (Å²) in [6.45, 7) is 0. The molecule has 6 heteroatoms. The molecule has 0 aliphatic rings. The van der Waals surface area contributed by atoms with Crippen LogP contribution in [0.1, 0.15) is 24.0 Å². The van der Waals surface area contributed by atoms with Crippen molar-refractivity contribution in [2.45, 2.75) is 31.5 Å². The van der Waals surface area contributed by atoms with Crippen molar-refractivity contribution >= 4 is 11.6 Å². The third-order valence-corrected chi connectivity index (χ3v) is 2.95. The van der Waals surface area contributed by atoms with Crippen molar-refractivity contribution in [3.63, 3.8) is 0 Å². The number of alkyl halides is 4. The van der Waals surface area contributed by atoms with Crippen LogP contribution in [0.3, 0.4) is 0 Å². The Morgan fingerprint density at radius 1 is 1.22 bits per heavy atom. The molecular formula is C12H16ClF3N2. The van der Waals surface area contributed by atoms with Crippen molar-refractivity contribution in [3.8, 4) is 0 Å². The predicted molar refractivity (Wildman–Crippen MR) is 66.2 cm³/mol. The van der Waals surface area contributed by atoms with Crippen LogP contribution in [0.5, 0.6) is 0 Å². The monoisotopic (exact) mass is 280 g/mol. The van der Waals surface area contributed by atoms with Gasteiger partial charge in [-0.05, 0) is 37.0 Å². The highest BCUT2D eigenvalue weighted by molar-refractivity contribution is 6.17. The normalized spacial score (nSPS) is 13.6. The smallest absolute Gasteiger partial charge is 0.271 e. The molecule has 0 radical (unpaired) electrons. The lowest BCUT2D eigenvalue weighted by Gasteiger charge is -2.15. The number of halogens is 4.